The van der Waals surface area contributed by atoms with Gasteiger partial charge in [0.15, 0.2) is 11.5 Å². The number of amides is 1. The fourth-order valence-corrected chi connectivity index (χ4v) is 2.28. The Balaban J connectivity index is 1.47. The fraction of sp³-hybridized carbons (Fsp3) is 0.278. The van der Waals surface area contributed by atoms with Crippen molar-refractivity contribution in [3.63, 3.8) is 0 Å². The predicted octanol–water partition coefficient (Wildman–Crippen LogP) is 2.87. The van der Waals surface area contributed by atoms with Gasteiger partial charge in [0.25, 0.3) is 0 Å². The van der Waals surface area contributed by atoms with Gasteiger partial charge in [-0.25, -0.2) is 0 Å². The van der Waals surface area contributed by atoms with Crippen LogP contribution in [0.1, 0.15) is 6.42 Å². The monoisotopic (exact) mass is 329 g/mol. The van der Waals surface area contributed by atoms with Crippen molar-refractivity contribution in [3.8, 4) is 23.0 Å². The Bertz CT molecular complexity index is 699. The number of hydrogen-bond acceptors (Lipinski definition) is 5. The quantitative estimate of drug-likeness (QED) is 0.883. The summed E-state index contributed by atoms with van der Waals surface area (Å²) in [5.41, 5.74) is 0.675. The molecule has 24 heavy (non-hydrogen) atoms. The third kappa shape index (κ3) is 4.10. The lowest BCUT2D eigenvalue weighted by Crippen LogP contribution is -2.17. The van der Waals surface area contributed by atoms with E-state index in [0.717, 1.165) is 5.75 Å². The second-order valence-corrected chi connectivity index (χ2v) is 5.18. The van der Waals surface area contributed by atoms with Gasteiger partial charge in [0.1, 0.15) is 24.7 Å². The molecule has 0 bridgehead atoms. The van der Waals surface area contributed by atoms with Gasteiger partial charge >= 0.3 is 0 Å². The molecular formula is C18H19NO5. The standard InChI is InChI=1S/C18H19NO5/c1-21-14-3-5-15(6-4-14)22-9-8-18(20)19-13-2-7-16-17(12-13)24-11-10-23-16/h2-7,12H,8-11H2,1H3,(H,19,20). The lowest BCUT2D eigenvalue weighted by Gasteiger charge is -2.19. The summed E-state index contributed by atoms with van der Waals surface area (Å²) in [7, 11) is 1.61. The maximum atomic E-state index is 12.0. The minimum atomic E-state index is -0.125. The van der Waals surface area contributed by atoms with Crippen LogP contribution in [0.4, 0.5) is 5.69 Å². The predicted molar refractivity (Wildman–Crippen MR) is 89.2 cm³/mol. The second kappa shape index (κ2) is 7.59. The number of fused-ring (bicyclic) bond motifs is 1. The molecule has 0 radical (unpaired) electrons. The first kappa shape index (κ1) is 16.0. The van der Waals surface area contributed by atoms with E-state index >= 15 is 0 Å². The van der Waals surface area contributed by atoms with E-state index in [1.165, 1.54) is 0 Å². The van der Waals surface area contributed by atoms with Crippen molar-refractivity contribution in [2.24, 2.45) is 0 Å². The molecule has 1 heterocycles. The van der Waals surface area contributed by atoms with Crippen LogP contribution in [0.15, 0.2) is 42.5 Å². The molecule has 0 unspecified atom stereocenters. The van der Waals surface area contributed by atoms with Gasteiger partial charge in [0.2, 0.25) is 5.91 Å². The molecule has 6 nitrogen and oxygen atoms in total. The normalized spacial score (nSPS) is 12.4. The van der Waals surface area contributed by atoms with Gasteiger partial charge in [-0.3, -0.25) is 4.79 Å². The molecule has 0 atom stereocenters. The number of carbonyl (C=O) groups excluding carboxylic acids is 1. The molecule has 0 aliphatic carbocycles. The zero-order chi connectivity index (χ0) is 16.8. The molecule has 126 valence electrons. The molecule has 2 aromatic carbocycles. The number of rotatable bonds is 6. The molecular weight excluding hydrogens is 310 g/mol. The summed E-state index contributed by atoms with van der Waals surface area (Å²) in [5.74, 6) is 2.68. The lowest BCUT2D eigenvalue weighted by molar-refractivity contribution is -0.116. The number of benzene rings is 2. The van der Waals surface area contributed by atoms with E-state index in [-0.39, 0.29) is 12.3 Å². The van der Waals surface area contributed by atoms with Crippen molar-refractivity contribution in [2.45, 2.75) is 6.42 Å². The molecule has 0 fully saturated rings. The molecule has 1 amide bonds. The summed E-state index contributed by atoms with van der Waals surface area (Å²) in [6.45, 7) is 1.35. The van der Waals surface area contributed by atoms with Crippen LogP contribution in [-0.2, 0) is 4.79 Å². The third-order valence-electron chi connectivity index (χ3n) is 3.48. The van der Waals surface area contributed by atoms with Crippen LogP contribution in [0.2, 0.25) is 0 Å². The Morgan fingerprint density at radius 3 is 2.50 bits per heavy atom. The van der Waals surface area contributed by atoms with E-state index in [0.29, 0.717) is 42.8 Å². The first-order chi connectivity index (χ1) is 11.7. The van der Waals surface area contributed by atoms with Crippen LogP contribution in [0.25, 0.3) is 0 Å². The molecule has 0 saturated carbocycles. The fourth-order valence-electron chi connectivity index (χ4n) is 2.28. The topological polar surface area (TPSA) is 66.0 Å². The molecule has 2 aromatic rings. The molecule has 0 aromatic heterocycles. The van der Waals surface area contributed by atoms with Crippen molar-refractivity contribution in [1.29, 1.82) is 0 Å². The Hall–Kier alpha value is -2.89. The second-order valence-electron chi connectivity index (χ2n) is 5.18. The van der Waals surface area contributed by atoms with Crippen LogP contribution < -0.4 is 24.3 Å². The first-order valence-corrected chi connectivity index (χ1v) is 7.71. The maximum absolute atomic E-state index is 12.0. The van der Waals surface area contributed by atoms with Crippen molar-refractivity contribution >= 4 is 11.6 Å². The summed E-state index contributed by atoms with van der Waals surface area (Å²) in [4.78, 5) is 12.0. The zero-order valence-electron chi connectivity index (χ0n) is 13.4. The van der Waals surface area contributed by atoms with E-state index < -0.39 is 0 Å². The first-order valence-electron chi connectivity index (χ1n) is 7.71. The van der Waals surface area contributed by atoms with E-state index in [9.17, 15) is 4.79 Å². The Labute approximate surface area is 140 Å². The average Bonchev–Trinajstić information content (AvgIpc) is 2.62. The number of nitrogens with one attached hydrogen (secondary N) is 1. The zero-order valence-corrected chi connectivity index (χ0v) is 13.4. The highest BCUT2D eigenvalue weighted by molar-refractivity contribution is 5.91. The van der Waals surface area contributed by atoms with Crippen LogP contribution >= 0.6 is 0 Å². The maximum Gasteiger partial charge on any atom is 0.227 e. The van der Waals surface area contributed by atoms with E-state index in [2.05, 4.69) is 5.32 Å². The summed E-state index contributed by atoms with van der Waals surface area (Å²) in [6, 6.07) is 12.6. The van der Waals surface area contributed by atoms with Gasteiger partial charge in [-0.2, -0.15) is 0 Å². The summed E-state index contributed by atoms with van der Waals surface area (Å²) < 4.78 is 21.6. The average molecular weight is 329 g/mol. The molecule has 1 N–H and O–H groups in total. The number of carbonyl (C=O) groups is 1. The van der Waals surface area contributed by atoms with E-state index in [1.54, 1.807) is 37.4 Å². The molecule has 3 rings (SSSR count). The van der Waals surface area contributed by atoms with Gasteiger partial charge in [-0.05, 0) is 36.4 Å². The number of anilines is 1. The van der Waals surface area contributed by atoms with Crippen molar-refractivity contribution in [3.05, 3.63) is 42.5 Å². The molecule has 0 spiro atoms. The van der Waals surface area contributed by atoms with E-state index in [4.69, 9.17) is 18.9 Å². The Morgan fingerprint density at radius 1 is 1.04 bits per heavy atom. The number of ether oxygens (including phenoxy) is 4. The van der Waals surface area contributed by atoms with Gasteiger partial charge in [0, 0.05) is 11.8 Å². The third-order valence-corrected chi connectivity index (χ3v) is 3.48. The SMILES string of the molecule is COc1ccc(OCCC(=O)Nc2ccc3c(c2)OCCO3)cc1. The van der Waals surface area contributed by atoms with E-state index in [1.807, 2.05) is 12.1 Å². The molecule has 1 aliphatic rings. The van der Waals surface area contributed by atoms with Gasteiger partial charge < -0.3 is 24.3 Å². The smallest absolute Gasteiger partial charge is 0.227 e. The summed E-state index contributed by atoms with van der Waals surface area (Å²) >= 11 is 0. The molecule has 1 aliphatic heterocycles. The summed E-state index contributed by atoms with van der Waals surface area (Å²) in [6.07, 6.45) is 0.250. The van der Waals surface area contributed by atoms with Crippen LogP contribution in [0.5, 0.6) is 23.0 Å². The molecule has 6 heteroatoms. The molecule has 0 saturated heterocycles. The highest BCUT2D eigenvalue weighted by atomic mass is 16.6. The lowest BCUT2D eigenvalue weighted by atomic mass is 10.2. The number of hydrogen-bond donors (Lipinski definition) is 1. The van der Waals surface area contributed by atoms with Crippen LogP contribution in [0, 0.1) is 0 Å². The summed E-state index contributed by atoms with van der Waals surface area (Å²) in [5, 5.41) is 2.82. The highest BCUT2D eigenvalue weighted by Crippen LogP contribution is 2.32. The van der Waals surface area contributed by atoms with Gasteiger partial charge in [-0.15, -0.1) is 0 Å². The van der Waals surface area contributed by atoms with Crippen molar-refractivity contribution in [2.75, 3.05) is 32.2 Å². The minimum Gasteiger partial charge on any atom is -0.497 e. The highest BCUT2D eigenvalue weighted by Gasteiger charge is 2.12. The van der Waals surface area contributed by atoms with Crippen molar-refractivity contribution in [1.82, 2.24) is 0 Å². The largest absolute Gasteiger partial charge is 0.497 e. The van der Waals surface area contributed by atoms with Crippen LogP contribution in [-0.4, -0.2) is 32.8 Å². The minimum absolute atomic E-state index is 0.125. The Morgan fingerprint density at radius 2 is 1.75 bits per heavy atom. The number of methoxy groups -OCH3 is 1. The van der Waals surface area contributed by atoms with Crippen molar-refractivity contribution < 1.29 is 23.7 Å². The van der Waals surface area contributed by atoms with Gasteiger partial charge in [-0.1, -0.05) is 0 Å². The van der Waals surface area contributed by atoms with Gasteiger partial charge in [0.05, 0.1) is 20.1 Å². The van der Waals surface area contributed by atoms with Crippen LogP contribution in [0.3, 0.4) is 0 Å². The Kier molecular flexibility index (Phi) is 5.05.